The van der Waals surface area contributed by atoms with E-state index in [1.54, 1.807) is 23.7 Å². The second-order valence-corrected chi connectivity index (χ2v) is 4.92. The first-order valence-corrected chi connectivity index (χ1v) is 6.87. The van der Waals surface area contributed by atoms with Crippen molar-refractivity contribution in [1.82, 2.24) is 20.3 Å². The maximum atomic E-state index is 12.1. The van der Waals surface area contributed by atoms with Gasteiger partial charge in [0, 0.05) is 24.6 Å². The predicted octanol–water partition coefficient (Wildman–Crippen LogP) is 1.43. The Labute approximate surface area is 121 Å². The van der Waals surface area contributed by atoms with Gasteiger partial charge in [0.15, 0.2) is 0 Å². The Morgan fingerprint density at radius 3 is 2.86 bits per heavy atom. The van der Waals surface area contributed by atoms with Crippen LogP contribution in [-0.4, -0.2) is 38.0 Å². The molecule has 1 heterocycles. The molecule has 2 N–H and O–H groups in total. The lowest BCUT2D eigenvalue weighted by Crippen LogP contribution is -2.32. The molecular weight excluding hydrogens is 272 g/mol. The van der Waals surface area contributed by atoms with Crippen molar-refractivity contribution in [3.63, 3.8) is 0 Å². The zero-order valence-corrected chi connectivity index (χ0v) is 12.0. The summed E-state index contributed by atoms with van der Waals surface area (Å²) in [7, 11) is 0. The molecule has 0 aliphatic heterocycles. The number of benzene rings is 1. The number of aliphatic carboxylic acids is 1. The molecule has 0 spiro atoms. The molecule has 1 unspecified atom stereocenters. The van der Waals surface area contributed by atoms with Gasteiger partial charge in [-0.15, -0.1) is 5.10 Å². The third-order valence-electron chi connectivity index (χ3n) is 3.24. The molecule has 7 heteroatoms. The number of nitrogens with zero attached hydrogens (tertiary/aromatic N) is 3. The largest absolute Gasteiger partial charge is 0.481 e. The van der Waals surface area contributed by atoms with Crippen LogP contribution in [0.4, 0.5) is 0 Å². The van der Waals surface area contributed by atoms with Gasteiger partial charge in [0.2, 0.25) is 0 Å². The van der Waals surface area contributed by atoms with Gasteiger partial charge < -0.3 is 10.4 Å². The van der Waals surface area contributed by atoms with Crippen LogP contribution in [0.2, 0.25) is 0 Å². The van der Waals surface area contributed by atoms with Crippen LogP contribution in [0, 0.1) is 0 Å². The standard InChI is InChI=1S/C14H18N4O3/c1-3-18-12-6-5-10(8-11(12)16-17-18)14(21)15-9(2)4-7-13(19)20/h5-6,8-9H,3-4,7H2,1-2H3,(H,15,21)(H,19,20). The average molecular weight is 290 g/mol. The Bertz CT molecular complexity index is 665. The van der Waals surface area contributed by atoms with Crippen molar-refractivity contribution in [3.05, 3.63) is 23.8 Å². The number of carboxylic acids is 1. The van der Waals surface area contributed by atoms with E-state index in [1.807, 2.05) is 13.0 Å². The van der Waals surface area contributed by atoms with Crippen molar-refractivity contribution < 1.29 is 14.7 Å². The highest BCUT2D eigenvalue weighted by Gasteiger charge is 2.13. The highest BCUT2D eigenvalue weighted by Crippen LogP contribution is 2.13. The quantitative estimate of drug-likeness (QED) is 0.839. The van der Waals surface area contributed by atoms with E-state index >= 15 is 0 Å². The van der Waals surface area contributed by atoms with Crippen molar-refractivity contribution >= 4 is 22.9 Å². The number of amides is 1. The van der Waals surface area contributed by atoms with Crippen molar-refractivity contribution in [1.29, 1.82) is 0 Å². The molecule has 0 radical (unpaired) electrons. The van der Waals surface area contributed by atoms with Crippen LogP contribution in [-0.2, 0) is 11.3 Å². The van der Waals surface area contributed by atoms with Crippen LogP contribution in [0.1, 0.15) is 37.0 Å². The highest BCUT2D eigenvalue weighted by molar-refractivity contribution is 5.97. The van der Waals surface area contributed by atoms with E-state index in [0.717, 1.165) is 5.52 Å². The van der Waals surface area contributed by atoms with Gasteiger partial charge in [0.1, 0.15) is 5.52 Å². The zero-order valence-electron chi connectivity index (χ0n) is 12.0. The summed E-state index contributed by atoms with van der Waals surface area (Å²) >= 11 is 0. The summed E-state index contributed by atoms with van der Waals surface area (Å²) in [4.78, 5) is 22.6. The van der Waals surface area contributed by atoms with Crippen LogP contribution < -0.4 is 5.32 Å². The van der Waals surface area contributed by atoms with E-state index in [-0.39, 0.29) is 18.4 Å². The predicted molar refractivity (Wildman–Crippen MR) is 77.0 cm³/mol. The number of hydrogen-bond acceptors (Lipinski definition) is 4. The van der Waals surface area contributed by atoms with Gasteiger partial charge in [-0.05, 0) is 38.5 Å². The van der Waals surface area contributed by atoms with E-state index < -0.39 is 5.97 Å². The van der Waals surface area contributed by atoms with Crippen LogP contribution in [0.5, 0.6) is 0 Å². The molecule has 7 nitrogen and oxygen atoms in total. The minimum absolute atomic E-state index is 0.0330. The van der Waals surface area contributed by atoms with E-state index in [4.69, 9.17) is 5.11 Å². The Balaban J connectivity index is 2.07. The molecule has 1 amide bonds. The Hall–Kier alpha value is -2.44. The van der Waals surface area contributed by atoms with Gasteiger partial charge in [-0.25, -0.2) is 4.68 Å². The number of aromatic nitrogens is 3. The number of rotatable bonds is 6. The highest BCUT2D eigenvalue weighted by atomic mass is 16.4. The van der Waals surface area contributed by atoms with Gasteiger partial charge in [0.05, 0.1) is 5.52 Å². The second kappa shape index (κ2) is 6.34. The van der Waals surface area contributed by atoms with Crippen LogP contribution in [0.3, 0.4) is 0 Å². The Morgan fingerprint density at radius 1 is 1.43 bits per heavy atom. The Morgan fingerprint density at radius 2 is 2.19 bits per heavy atom. The minimum atomic E-state index is -0.867. The first-order chi connectivity index (χ1) is 10.0. The molecule has 0 aliphatic rings. The molecule has 21 heavy (non-hydrogen) atoms. The number of carboxylic acid groups (broad SMARTS) is 1. The normalized spacial score (nSPS) is 12.3. The average Bonchev–Trinajstić information content (AvgIpc) is 2.87. The molecular formula is C14H18N4O3. The van der Waals surface area contributed by atoms with Gasteiger partial charge >= 0.3 is 5.97 Å². The molecule has 2 rings (SSSR count). The fourth-order valence-electron chi connectivity index (χ4n) is 2.07. The summed E-state index contributed by atoms with van der Waals surface area (Å²) < 4.78 is 1.76. The number of hydrogen-bond donors (Lipinski definition) is 2. The molecule has 0 aliphatic carbocycles. The smallest absolute Gasteiger partial charge is 0.303 e. The van der Waals surface area contributed by atoms with Crippen molar-refractivity contribution in [2.45, 2.75) is 39.3 Å². The van der Waals surface area contributed by atoms with Crippen molar-refractivity contribution in [3.8, 4) is 0 Å². The van der Waals surface area contributed by atoms with Crippen LogP contribution >= 0.6 is 0 Å². The van der Waals surface area contributed by atoms with E-state index in [0.29, 0.717) is 24.0 Å². The van der Waals surface area contributed by atoms with Gasteiger partial charge in [-0.3, -0.25) is 9.59 Å². The number of fused-ring (bicyclic) bond motifs is 1. The van der Waals surface area contributed by atoms with Gasteiger partial charge in [-0.2, -0.15) is 0 Å². The minimum Gasteiger partial charge on any atom is -0.481 e. The lowest BCUT2D eigenvalue weighted by molar-refractivity contribution is -0.137. The van der Waals surface area contributed by atoms with Gasteiger partial charge in [-0.1, -0.05) is 5.21 Å². The Kier molecular flexibility index (Phi) is 4.52. The van der Waals surface area contributed by atoms with Crippen molar-refractivity contribution in [2.24, 2.45) is 0 Å². The zero-order chi connectivity index (χ0) is 15.4. The second-order valence-electron chi connectivity index (χ2n) is 4.92. The van der Waals surface area contributed by atoms with Gasteiger partial charge in [0.25, 0.3) is 5.91 Å². The lowest BCUT2D eigenvalue weighted by atomic mass is 10.1. The fraction of sp³-hybridized carbons (Fsp3) is 0.429. The van der Waals surface area contributed by atoms with Crippen molar-refractivity contribution in [2.75, 3.05) is 0 Å². The molecule has 2 aromatic rings. The van der Waals surface area contributed by atoms with E-state index in [9.17, 15) is 9.59 Å². The number of nitrogens with one attached hydrogen (secondary N) is 1. The molecule has 1 aromatic carbocycles. The molecule has 0 saturated heterocycles. The monoisotopic (exact) mass is 290 g/mol. The van der Waals surface area contributed by atoms with Crippen LogP contribution in [0.25, 0.3) is 11.0 Å². The number of carbonyl (C=O) groups excluding carboxylic acids is 1. The summed E-state index contributed by atoms with van der Waals surface area (Å²) in [5.74, 6) is -1.10. The van der Waals surface area contributed by atoms with E-state index in [2.05, 4.69) is 15.6 Å². The number of aryl methyl sites for hydroxylation is 1. The first kappa shape index (κ1) is 15.0. The third-order valence-corrected chi connectivity index (χ3v) is 3.24. The SMILES string of the molecule is CCn1nnc2cc(C(=O)NC(C)CCC(=O)O)ccc21. The number of carbonyl (C=O) groups is 2. The summed E-state index contributed by atoms with van der Waals surface area (Å²) in [6.45, 7) is 4.47. The summed E-state index contributed by atoms with van der Waals surface area (Å²) in [5.41, 5.74) is 2.04. The topological polar surface area (TPSA) is 97.1 Å². The summed E-state index contributed by atoms with van der Waals surface area (Å²) in [5, 5.41) is 19.4. The molecule has 0 fully saturated rings. The maximum Gasteiger partial charge on any atom is 0.303 e. The third kappa shape index (κ3) is 3.56. The summed E-state index contributed by atoms with van der Waals surface area (Å²) in [6.07, 6.45) is 0.431. The van der Waals surface area contributed by atoms with E-state index in [1.165, 1.54) is 0 Å². The fourth-order valence-corrected chi connectivity index (χ4v) is 2.07. The molecule has 112 valence electrons. The van der Waals surface area contributed by atoms with Crippen LogP contribution in [0.15, 0.2) is 18.2 Å². The molecule has 0 saturated carbocycles. The summed E-state index contributed by atoms with van der Waals surface area (Å²) in [6, 6.07) is 5.02. The first-order valence-electron chi connectivity index (χ1n) is 6.87. The molecule has 1 atom stereocenters. The maximum absolute atomic E-state index is 12.1. The molecule has 0 bridgehead atoms. The molecule has 1 aromatic heterocycles. The lowest BCUT2D eigenvalue weighted by Gasteiger charge is -2.12.